The highest BCUT2D eigenvalue weighted by molar-refractivity contribution is 9.10. The molecule has 106 valence electrons. The standard InChI is InChI=1S/C11H6BrCl2FN2O2S/c12-6-3-10(11(14)16-5-6)20(18,19)17-9-4-7(15)1-2-8(9)13/h1-5,17H. The van der Waals surface area contributed by atoms with Gasteiger partial charge in [-0.25, -0.2) is 17.8 Å². The first kappa shape index (κ1) is 15.5. The van der Waals surface area contributed by atoms with E-state index in [2.05, 4.69) is 25.6 Å². The van der Waals surface area contributed by atoms with Gasteiger partial charge in [-0.2, -0.15) is 0 Å². The molecule has 2 rings (SSSR count). The normalized spacial score (nSPS) is 11.4. The molecule has 1 N–H and O–H groups in total. The van der Waals surface area contributed by atoms with E-state index in [1.807, 2.05) is 0 Å². The highest BCUT2D eigenvalue weighted by Gasteiger charge is 2.21. The van der Waals surface area contributed by atoms with Crippen LogP contribution in [0.2, 0.25) is 10.2 Å². The molecule has 20 heavy (non-hydrogen) atoms. The molecule has 0 spiro atoms. The van der Waals surface area contributed by atoms with Gasteiger partial charge in [0.15, 0.2) is 0 Å². The highest BCUT2D eigenvalue weighted by Crippen LogP contribution is 2.28. The summed E-state index contributed by atoms with van der Waals surface area (Å²) >= 11 is 14.7. The Morgan fingerprint density at radius 2 is 1.95 bits per heavy atom. The number of halogens is 4. The summed E-state index contributed by atoms with van der Waals surface area (Å²) in [7, 11) is -4.03. The average Bonchev–Trinajstić information content (AvgIpc) is 2.36. The van der Waals surface area contributed by atoms with Gasteiger partial charge in [-0.05, 0) is 40.2 Å². The monoisotopic (exact) mass is 398 g/mol. The molecule has 1 aromatic carbocycles. The molecule has 4 nitrogen and oxygen atoms in total. The van der Waals surface area contributed by atoms with E-state index >= 15 is 0 Å². The Labute approximate surface area is 133 Å². The first-order valence-electron chi connectivity index (χ1n) is 5.08. The van der Waals surface area contributed by atoms with Crippen molar-refractivity contribution in [3.05, 3.63) is 50.9 Å². The predicted molar refractivity (Wildman–Crippen MR) is 79.2 cm³/mol. The van der Waals surface area contributed by atoms with Crippen molar-refractivity contribution in [2.75, 3.05) is 4.72 Å². The van der Waals surface area contributed by atoms with Gasteiger partial charge in [0, 0.05) is 10.7 Å². The van der Waals surface area contributed by atoms with E-state index in [0.717, 1.165) is 12.1 Å². The lowest BCUT2D eigenvalue weighted by Crippen LogP contribution is -2.14. The molecule has 0 aliphatic rings. The van der Waals surface area contributed by atoms with Gasteiger partial charge in [0.25, 0.3) is 10.0 Å². The molecule has 0 amide bonds. The zero-order valence-corrected chi connectivity index (χ0v) is 13.5. The van der Waals surface area contributed by atoms with E-state index in [1.165, 1.54) is 18.3 Å². The van der Waals surface area contributed by atoms with Crippen LogP contribution in [0.5, 0.6) is 0 Å². The fourth-order valence-electron chi connectivity index (χ4n) is 1.37. The molecule has 9 heteroatoms. The van der Waals surface area contributed by atoms with Crippen LogP contribution in [0.25, 0.3) is 0 Å². The minimum absolute atomic E-state index is 0.0639. The van der Waals surface area contributed by atoms with Crippen LogP contribution in [0.3, 0.4) is 0 Å². The molecule has 2 aromatic rings. The van der Waals surface area contributed by atoms with Gasteiger partial charge in [0.2, 0.25) is 0 Å². The number of hydrogen-bond donors (Lipinski definition) is 1. The van der Waals surface area contributed by atoms with Crippen molar-refractivity contribution >= 4 is 54.8 Å². The maximum absolute atomic E-state index is 13.1. The summed E-state index contributed by atoms with van der Waals surface area (Å²) in [6.07, 6.45) is 1.36. The maximum Gasteiger partial charge on any atom is 0.265 e. The fraction of sp³-hybridized carbons (Fsp3) is 0. The lowest BCUT2D eigenvalue weighted by Gasteiger charge is -2.10. The number of sulfonamides is 1. The van der Waals surface area contributed by atoms with Crippen LogP contribution in [0, 0.1) is 5.82 Å². The third-order valence-corrected chi connectivity index (χ3v) is 4.79. The van der Waals surface area contributed by atoms with Crippen molar-refractivity contribution < 1.29 is 12.8 Å². The Kier molecular flexibility index (Phi) is 4.53. The summed E-state index contributed by atoms with van der Waals surface area (Å²) in [5.74, 6) is -0.620. The topological polar surface area (TPSA) is 59.1 Å². The van der Waals surface area contributed by atoms with Crippen LogP contribution in [-0.4, -0.2) is 13.4 Å². The Morgan fingerprint density at radius 3 is 2.65 bits per heavy atom. The Hall–Kier alpha value is -0.890. The second-order valence-electron chi connectivity index (χ2n) is 3.67. The summed E-state index contributed by atoms with van der Waals surface area (Å²) in [5.41, 5.74) is -0.0808. The van der Waals surface area contributed by atoms with Crippen LogP contribution in [-0.2, 0) is 10.0 Å². The molecular weight excluding hydrogens is 394 g/mol. The van der Waals surface area contributed by atoms with E-state index in [1.54, 1.807) is 0 Å². The quantitative estimate of drug-likeness (QED) is 0.790. The number of benzene rings is 1. The van der Waals surface area contributed by atoms with E-state index in [4.69, 9.17) is 23.2 Å². The van der Waals surface area contributed by atoms with E-state index in [-0.39, 0.29) is 20.8 Å². The minimum Gasteiger partial charge on any atom is -0.278 e. The molecular formula is C11H6BrCl2FN2O2S. The molecule has 0 aliphatic heterocycles. The van der Waals surface area contributed by atoms with E-state index in [9.17, 15) is 12.8 Å². The minimum atomic E-state index is -4.03. The van der Waals surface area contributed by atoms with Gasteiger partial charge in [-0.3, -0.25) is 4.72 Å². The molecule has 0 fully saturated rings. The molecule has 0 radical (unpaired) electrons. The third kappa shape index (κ3) is 3.41. The third-order valence-electron chi connectivity index (χ3n) is 2.24. The first-order valence-corrected chi connectivity index (χ1v) is 8.12. The van der Waals surface area contributed by atoms with Crippen LogP contribution in [0.4, 0.5) is 10.1 Å². The number of hydrogen-bond acceptors (Lipinski definition) is 3. The highest BCUT2D eigenvalue weighted by atomic mass is 79.9. The summed E-state index contributed by atoms with van der Waals surface area (Å²) in [6.45, 7) is 0. The van der Waals surface area contributed by atoms with Crippen molar-refractivity contribution in [3.8, 4) is 0 Å². The maximum atomic E-state index is 13.1. The molecule has 0 aliphatic carbocycles. The van der Waals surface area contributed by atoms with Crippen molar-refractivity contribution in [2.24, 2.45) is 0 Å². The van der Waals surface area contributed by atoms with Gasteiger partial charge < -0.3 is 0 Å². The van der Waals surface area contributed by atoms with Crippen LogP contribution in [0.15, 0.2) is 39.8 Å². The van der Waals surface area contributed by atoms with Gasteiger partial charge in [0.05, 0.1) is 10.7 Å². The Balaban J connectivity index is 2.46. The molecule has 0 saturated heterocycles. The van der Waals surface area contributed by atoms with Gasteiger partial charge in [-0.1, -0.05) is 23.2 Å². The largest absolute Gasteiger partial charge is 0.278 e. The van der Waals surface area contributed by atoms with E-state index < -0.39 is 15.8 Å². The van der Waals surface area contributed by atoms with Crippen molar-refractivity contribution in [1.29, 1.82) is 0 Å². The van der Waals surface area contributed by atoms with Crippen LogP contribution < -0.4 is 4.72 Å². The number of nitrogens with one attached hydrogen (secondary N) is 1. The molecule has 1 heterocycles. The van der Waals surface area contributed by atoms with Crippen molar-refractivity contribution in [1.82, 2.24) is 4.98 Å². The number of nitrogens with zero attached hydrogens (tertiary/aromatic N) is 1. The van der Waals surface area contributed by atoms with Crippen molar-refractivity contribution in [3.63, 3.8) is 0 Å². The fourth-order valence-corrected chi connectivity index (χ4v) is 3.60. The van der Waals surface area contributed by atoms with Gasteiger partial charge in [-0.15, -0.1) is 0 Å². The zero-order chi connectivity index (χ0) is 14.9. The molecule has 1 aromatic heterocycles. The molecule has 0 bridgehead atoms. The van der Waals surface area contributed by atoms with E-state index in [0.29, 0.717) is 4.47 Å². The summed E-state index contributed by atoms with van der Waals surface area (Å²) in [4.78, 5) is 3.48. The predicted octanol–water partition coefficient (Wildman–Crippen LogP) is 4.09. The number of anilines is 1. The number of aromatic nitrogens is 1. The summed E-state index contributed by atoms with van der Waals surface area (Å²) in [5, 5.41) is -0.137. The Bertz CT molecular complexity index is 771. The second-order valence-corrected chi connectivity index (χ2v) is 7.00. The lowest BCUT2D eigenvalue weighted by molar-refractivity contribution is 0.600. The van der Waals surface area contributed by atoms with Crippen molar-refractivity contribution in [2.45, 2.75) is 4.90 Å². The molecule has 0 unspecified atom stereocenters. The average molecular weight is 400 g/mol. The second kappa shape index (κ2) is 5.85. The molecule has 0 atom stereocenters. The zero-order valence-electron chi connectivity index (χ0n) is 9.57. The summed E-state index contributed by atoms with van der Waals surface area (Å²) < 4.78 is 40.1. The first-order chi connectivity index (χ1) is 9.29. The number of rotatable bonds is 3. The summed E-state index contributed by atoms with van der Waals surface area (Å²) in [6, 6.07) is 4.62. The van der Waals surface area contributed by atoms with Gasteiger partial charge >= 0.3 is 0 Å². The number of pyridine rings is 1. The van der Waals surface area contributed by atoms with Crippen LogP contribution >= 0.6 is 39.1 Å². The molecule has 0 saturated carbocycles. The lowest BCUT2D eigenvalue weighted by atomic mass is 10.3. The van der Waals surface area contributed by atoms with Crippen LogP contribution in [0.1, 0.15) is 0 Å². The Morgan fingerprint density at radius 1 is 1.25 bits per heavy atom. The SMILES string of the molecule is O=S(=O)(Nc1cc(F)ccc1Cl)c1cc(Br)cnc1Cl. The smallest absolute Gasteiger partial charge is 0.265 e. The van der Waals surface area contributed by atoms with Gasteiger partial charge in [0.1, 0.15) is 15.9 Å².